The molecule has 3 N–H and O–H groups in total. The third kappa shape index (κ3) is 5.22. The third-order valence-electron chi connectivity index (χ3n) is 7.97. The van der Waals surface area contributed by atoms with Crippen molar-refractivity contribution in [3.63, 3.8) is 0 Å². The summed E-state index contributed by atoms with van der Waals surface area (Å²) in [6, 6.07) is 17.9. The Bertz CT molecular complexity index is 1690. The normalized spacial score (nSPS) is 18.0. The molecule has 0 spiro atoms. The van der Waals surface area contributed by atoms with Gasteiger partial charge in [0.15, 0.2) is 5.78 Å². The van der Waals surface area contributed by atoms with E-state index in [0.29, 0.717) is 36.3 Å². The average Bonchev–Trinajstić information content (AvgIpc) is 3.27. The quantitative estimate of drug-likeness (QED) is 0.257. The van der Waals surface area contributed by atoms with Gasteiger partial charge in [0.2, 0.25) is 5.91 Å². The first kappa shape index (κ1) is 26.7. The number of hydrogen-bond donors (Lipinski definition) is 3. The molecule has 41 heavy (non-hydrogen) atoms. The largest absolute Gasteiger partial charge is 0.361 e. The summed E-state index contributed by atoms with van der Waals surface area (Å²) in [6.45, 7) is 4.34. The first-order chi connectivity index (χ1) is 19.7. The number of para-hydroxylation sites is 3. The molecule has 1 unspecified atom stereocenters. The summed E-state index contributed by atoms with van der Waals surface area (Å²) in [5.41, 5.74) is 4.50. The van der Waals surface area contributed by atoms with Crippen LogP contribution in [0.25, 0.3) is 10.9 Å². The van der Waals surface area contributed by atoms with E-state index in [4.69, 9.17) is 0 Å². The van der Waals surface area contributed by atoms with Gasteiger partial charge < -0.3 is 20.5 Å². The van der Waals surface area contributed by atoms with Crippen molar-refractivity contribution in [3.05, 3.63) is 107 Å². The van der Waals surface area contributed by atoms with Crippen LogP contribution in [-0.2, 0) is 16.0 Å². The summed E-state index contributed by atoms with van der Waals surface area (Å²) in [6.07, 6.45) is 3.44. The van der Waals surface area contributed by atoms with Gasteiger partial charge in [-0.2, -0.15) is 0 Å². The molecule has 1 amide bonds. The molecular weight excluding hydrogens is 522 g/mol. The average molecular weight is 555 g/mol. The Hall–Kier alpha value is -4.46. The molecular formula is C33H32F2N4O2. The van der Waals surface area contributed by atoms with E-state index in [1.165, 1.54) is 12.1 Å². The summed E-state index contributed by atoms with van der Waals surface area (Å²) < 4.78 is 29.4. The molecule has 0 saturated carbocycles. The molecule has 1 aliphatic heterocycles. The molecule has 1 aliphatic carbocycles. The van der Waals surface area contributed by atoms with E-state index in [1.807, 2.05) is 68.6 Å². The number of hydrogen-bond acceptors (Lipinski definition) is 4. The van der Waals surface area contributed by atoms with Crippen molar-refractivity contribution >= 4 is 34.0 Å². The Morgan fingerprint density at radius 3 is 2.66 bits per heavy atom. The van der Waals surface area contributed by atoms with Crippen molar-refractivity contribution in [2.45, 2.75) is 39.2 Å². The van der Waals surface area contributed by atoms with E-state index >= 15 is 4.39 Å². The minimum Gasteiger partial charge on any atom is -0.361 e. The molecule has 2 heterocycles. The fraction of sp³-hybridized carbons (Fsp3) is 0.273. The Morgan fingerprint density at radius 1 is 1.05 bits per heavy atom. The van der Waals surface area contributed by atoms with Crippen LogP contribution in [-0.4, -0.2) is 29.8 Å². The van der Waals surface area contributed by atoms with Gasteiger partial charge in [-0.05, 0) is 48.1 Å². The highest BCUT2D eigenvalue weighted by molar-refractivity contribution is 6.02. The van der Waals surface area contributed by atoms with Crippen LogP contribution in [0.15, 0.2) is 84.2 Å². The number of carbonyl (C=O) groups excluding carboxylic acids is 2. The lowest BCUT2D eigenvalue weighted by molar-refractivity contribution is -0.120. The lowest BCUT2D eigenvalue weighted by Crippen LogP contribution is -2.42. The van der Waals surface area contributed by atoms with Crippen LogP contribution < -0.4 is 15.5 Å². The van der Waals surface area contributed by atoms with Gasteiger partial charge in [0.25, 0.3) is 0 Å². The lowest BCUT2D eigenvalue weighted by Gasteiger charge is -2.38. The number of rotatable bonds is 6. The van der Waals surface area contributed by atoms with E-state index in [2.05, 4.69) is 15.6 Å². The fourth-order valence-electron chi connectivity index (χ4n) is 6.16. The number of nitrogens with zero attached hydrogens (tertiary/aromatic N) is 1. The summed E-state index contributed by atoms with van der Waals surface area (Å²) in [4.78, 5) is 32.2. The van der Waals surface area contributed by atoms with Crippen LogP contribution in [0.4, 0.5) is 20.2 Å². The van der Waals surface area contributed by atoms with Crippen molar-refractivity contribution in [1.82, 2.24) is 10.3 Å². The van der Waals surface area contributed by atoms with Crippen LogP contribution in [0.5, 0.6) is 0 Å². The van der Waals surface area contributed by atoms with Crippen LogP contribution in [0.2, 0.25) is 0 Å². The maximum Gasteiger partial charge on any atom is 0.239 e. The zero-order chi connectivity index (χ0) is 28.7. The highest BCUT2D eigenvalue weighted by atomic mass is 19.1. The number of H-pyrrole nitrogens is 1. The summed E-state index contributed by atoms with van der Waals surface area (Å²) in [7, 11) is 0. The molecule has 0 bridgehead atoms. The number of nitrogens with one attached hydrogen (secondary N) is 3. The van der Waals surface area contributed by atoms with Gasteiger partial charge in [-0.25, -0.2) is 8.78 Å². The molecule has 4 aromatic rings. The number of anilines is 2. The van der Waals surface area contributed by atoms with Gasteiger partial charge in [-0.1, -0.05) is 50.2 Å². The number of aromatic amines is 1. The third-order valence-corrected chi connectivity index (χ3v) is 7.97. The van der Waals surface area contributed by atoms with Gasteiger partial charge in [-0.15, -0.1) is 0 Å². The van der Waals surface area contributed by atoms with Crippen molar-refractivity contribution in [1.29, 1.82) is 0 Å². The number of benzene rings is 3. The Labute approximate surface area is 237 Å². The minimum atomic E-state index is -0.912. The lowest BCUT2D eigenvalue weighted by atomic mass is 9.73. The molecule has 6 rings (SSSR count). The minimum absolute atomic E-state index is 0.116. The van der Waals surface area contributed by atoms with Gasteiger partial charge in [0.1, 0.15) is 11.6 Å². The first-order valence-corrected chi connectivity index (χ1v) is 13.9. The van der Waals surface area contributed by atoms with Crippen molar-refractivity contribution in [2.24, 2.45) is 5.41 Å². The second kappa shape index (κ2) is 10.5. The molecule has 0 fully saturated rings. The number of amides is 1. The van der Waals surface area contributed by atoms with Crippen LogP contribution in [0.1, 0.15) is 43.9 Å². The summed E-state index contributed by atoms with van der Waals surface area (Å²) >= 11 is 0. The topological polar surface area (TPSA) is 77.2 Å². The monoisotopic (exact) mass is 554 g/mol. The van der Waals surface area contributed by atoms with Gasteiger partial charge in [0.05, 0.1) is 24.0 Å². The summed E-state index contributed by atoms with van der Waals surface area (Å²) in [5, 5.41) is 7.56. The maximum absolute atomic E-state index is 15.5. The molecule has 3 aromatic carbocycles. The molecule has 2 aliphatic rings. The van der Waals surface area contributed by atoms with E-state index in [0.717, 1.165) is 28.2 Å². The van der Waals surface area contributed by atoms with Gasteiger partial charge >= 0.3 is 0 Å². The van der Waals surface area contributed by atoms with Crippen molar-refractivity contribution in [3.8, 4) is 0 Å². The predicted octanol–water partition coefficient (Wildman–Crippen LogP) is 6.42. The number of fused-ring (bicyclic) bond motifs is 2. The second-order valence-electron chi connectivity index (χ2n) is 11.6. The standard InChI is InChI=1S/C33H32F2N4O2/c1-33(2)16-27-31(29(40)17-33)32(23-12-11-21(34)15-24(23)35)39(28-10-6-5-9-26(28)38-27)19-30(41)36-14-13-20-18-37-25-8-4-3-7-22(20)25/h3-12,15,18,32,37-38H,13-14,16-17,19H2,1-2H3,(H,36,41). The second-order valence-corrected chi connectivity index (χ2v) is 11.6. The number of allylic oxidation sites excluding steroid dienone is 1. The predicted molar refractivity (Wildman–Crippen MR) is 157 cm³/mol. The van der Waals surface area contributed by atoms with Crippen molar-refractivity contribution in [2.75, 3.05) is 23.3 Å². The van der Waals surface area contributed by atoms with E-state index in [1.54, 1.807) is 4.90 Å². The highest BCUT2D eigenvalue weighted by Gasteiger charge is 2.42. The van der Waals surface area contributed by atoms with Crippen LogP contribution in [0.3, 0.4) is 0 Å². The Balaban J connectivity index is 1.35. The zero-order valence-electron chi connectivity index (χ0n) is 23.1. The van der Waals surface area contributed by atoms with E-state index in [9.17, 15) is 14.0 Å². The van der Waals surface area contributed by atoms with Gasteiger partial charge in [0, 0.05) is 53.0 Å². The molecule has 0 radical (unpaired) electrons. The fourth-order valence-corrected chi connectivity index (χ4v) is 6.16. The number of carbonyl (C=O) groups is 2. The number of Topliss-reactive ketones (excluding diaryl/α,β-unsaturated/α-hetero) is 1. The van der Waals surface area contributed by atoms with E-state index in [-0.39, 0.29) is 35.6 Å². The first-order valence-electron chi connectivity index (χ1n) is 13.9. The molecule has 1 atom stereocenters. The van der Waals surface area contributed by atoms with Gasteiger partial charge in [-0.3, -0.25) is 9.59 Å². The number of ketones is 1. The van der Waals surface area contributed by atoms with Crippen LogP contribution >= 0.6 is 0 Å². The smallest absolute Gasteiger partial charge is 0.239 e. The Kier molecular flexibility index (Phi) is 6.85. The molecule has 6 nitrogen and oxygen atoms in total. The number of aromatic nitrogens is 1. The number of halogens is 2. The molecule has 8 heteroatoms. The van der Waals surface area contributed by atoms with Crippen molar-refractivity contribution < 1.29 is 18.4 Å². The summed E-state index contributed by atoms with van der Waals surface area (Å²) in [5.74, 6) is -1.84. The zero-order valence-corrected chi connectivity index (χ0v) is 23.1. The highest BCUT2D eigenvalue weighted by Crippen LogP contribution is 2.48. The van der Waals surface area contributed by atoms with E-state index < -0.39 is 17.7 Å². The van der Waals surface area contributed by atoms with Crippen LogP contribution in [0, 0.1) is 17.0 Å². The maximum atomic E-state index is 15.5. The SMILES string of the molecule is CC1(C)CC(=O)C2=C(C1)Nc1ccccc1N(CC(=O)NCCc1c[nH]c3ccccc13)C2c1ccc(F)cc1F. The molecule has 210 valence electrons. The molecule has 0 saturated heterocycles. The Morgan fingerprint density at radius 2 is 1.83 bits per heavy atom. The molecule has 1 aromatic heterocycles.